The van der Waals surface area contributed by atoms with Crippen LogP contribution >= 0.6 is 11.8 Å². The first-order valence-corrected chi connectivity index (χ1v) is 11.8. The molecule has 0 radical (unpaired) electrons. The zero-order valence-corrected chi connectivity index (χ0v) is 18.2. The normalized spacial score (nSPS) is 11.3. The summed E-state index contributed by atoms with van der Waals surface area (Å²) in [5, 5.41) is 11.4. The van der Waals surface area contributed by atoms with Crippen molar-refractivity contribution in [2.24, 2.45) is 0 Å². The number of aromatic nitrogens is 3. The van der Waals surface area contributed by atoms with Crippen LogP contribution in [-0.4, -0.2) is 42.0 Å². The number of thioether (sulfide) groups is 1. The lowest BCUT2D eigenvalue weighted by atomic mass is 10.3. The molecule has 0 spiro atoms. The summed E-state index contributed by atoms with van der Waals surface area (Å²) in [5.41, 5.74) is 0.631. The molecule has 0 aliphatic heterocycles. The van der Waals surface area contributed by atoms with E-state index in [0.717, 1.165) is 0 Å². The minimum Gasteiger partial charge on any atom is -0.497 e. The van der Waals surface area contributed by atoms with Crippen molar-refractivity contribution in [1.29, 1.82) is 0 Å². The fourth-order valence-electron chi connectivity index (χ4n) is 2.76. The molecule has 0 aliphatic rings. The van der Waals surface area contributed by atoms with Crippen molar-refractivity contribution in [1.82, 2.24) is 14.8 Å². The number of ether oxygens (including phenoxy) is 1. The molecular formula is C20H22N4O4S2. The number of benzene rings is 2. The molecule has 3 aromatic rings. The molecule has 0 saturated heterocycles. The van der Waals surface area contributed by atoms with Gasteiger partial charge in [0.15, 0.2) is 15.0 Å². The number of hydrogen-bond acceptors (Lipinski definition) is 7. The van der Waals surface area contributed by atoms with E-state index < -0.39 is 9.84 Å². The van der Waals surface area contributed by atoms with Crippen LogP contribution in [0.1, 0.15) is 12.7 Å². The van der Waals surface area contributed by atoms with E-state index in [1.165, 1.54) is 11.8 Å². The predicted octanol–water partition coefficient (Wildman–Crippen LogP) is 3.01. The summed E-state index contributed by atoms with van der Waals surface area (Å²) in [5.74, 6) is 0.639. The summed E-state index contributed by atoms with van der Waals surface area (Å²) >= 11 is 1.20. The summed E-state index contributed by atoms with van der Waals surface area (Å²) in [6.07, 6.45) is 0. The van der Waals surface area contributed by atoms with Crippen LogP contribution in [0.3, 0.4) is 0 Å². The van der Waals surface area contributed by atoms with Crippen LogP contribution in [-0.2, 0) is 26.9 Å². The predicted molar refractivity (Wildman–Crippen MR) is 115 cm³/mol. The average Bonchev–Trinajstić information content (AvgIpc) is 3.13. The van der Waals surface area contributed by atoms with Crippen LogP contribution in [0.25, 0.3) is 0 Å². The van der Waals surface area contributed by atoms with Crippen LogP contribution < -0.4 is 10.1 Å². The second kappa shape index (κ2) is 9.77. The summed E-state index contributed by atoms with van der Waals surface area (Å²) < 4.78 is 32.1. The van der Waals surface area contributed by atoms with E-state index in [9.17, 15) is 13.2 Å². The second-order valence-electron chi connectivity index (χ2n) is 6.28. The number of anilines is 1. The molecule has 8 nitrogen and oxygen atoms in total. The Balaban J connectivity index is 1.66. The van der Waals surface area contributed by atoms with E-state index in [1.54, 1.807) is 66.3 Å². The Morgan fingerprint density at radius 1 is 1.13 bits per heavy atom. The lowest BCUT2D eigenvalue weighted by molar-refractivity contribution is -0.113. The highest BCUT2D eigenvalue weighted by Gasteiger charge is 2.21. The van der Waals surface area contributed by atoms with Gasteiger partial charge in [-0.1, -0.05) is 36.0 Å². The zero-order chi connectivity index (χ0) is 21.6. The van der Waals surface area contributed by atoms with Crippen molar-refractivity contribution in [2.75, 3.05) is 18.2 Å². The van der Waals surface area contributed by atoms with Crippen molar-refractivity contribution >= 4 is 33.2 Å². The number of sulfone groups is 1. The molecule has 0 atom stereocenters. The van der Waals surface area contributed by atoms with Crippen molar-refractivity contribution in [3.8, 4) is 5.75 Å². The van der Waals surface area contributed by atoms with Gasteiger partial charge in [-0.2, -0.15) is 0 Å². The van der Waals surface area contributed by atoms with Crippen LogP contribution in [0, 0.1) is 0 Å². The zero-order valence-electron chi connectivity index (χ0n) is 16.6. The lowest BCUT2D eigenvalue weighted by Crippen LogP contribution is -2.15. The maximum atomic E-state index is 12.6. The number of methoxy groups -OCH3 is 1. The highest BCUT2D eigenvalue weighted by atomic mass is 32.2. The summed E-state index contributed by atoms with van der Waals surface area (Å²) in [4.78, 5) is 12.5. The van der Waals surface area contributed by atoms with Gasteiger partial charge in [-0.25, -0.2) is 8.42 Å². The Kier molecular flexibility index (Phi) is 7.11. The third-order valence-corrected chi connectivity index (χ3v) is 6.81. The SMILES string of the molecule is CCn1c(CS(=O)(=O)c2ccccc2)nnc1SCC(=O)Nc1cccc(OC)c1. The van der Waals surface area contributed by atoms with Gasteiger partial charge < -0.3 is 14.6 Å². The van der Waals surface area contributed by atoms with Gasteiger partial charge in [0.05, 0.1) is 17.8 Å². The second-order valence-corrected chi connectivity index (χ2v) is 9.22. The van der Waals surface area contributed by atoms with Crippen LogP contribution in [0.4, 0.5) is 5.69 Å². The number of amides is 1. The maximum Gasteiger partial charge on any atom is 0.234 e. The van der Waals surface area contributed by atoms with Gasteiger partial charge in [-0.15, -0.1) is 10.2 Å². The highest BCUT2D eigenvalue weighted by molar-refractivity contribution is 7.99. The molecule has 0 fully saturated rings. The molecule has 0 unspecified atom stereocenters. The Morgan fingerprint density at radius 2 is 1.90 bits per heavy atom. The number of nitrogens with one attached hydrogen (secondary N) is 1. The lowest BCUT2D eigenvalue weighted by Gasteiger charge is -2.09. The summed E-state index contributed by atoms with van der Waals surface area (Å²) in [6.45, 7) is 2.37. The van der Waals surface area contributed by atoms with Gasteiger partial charge in [-0.05, 0) is 31.2 Å². The number of rotatable bonds is 9. The van der Waals surface area contributed by atoms with Crippen molar-refractivity contribution < 1.29 is 17.9 Å². The minimum absolute atomic E-state index is 0.112. The third-order valence-electron chi connectivity index (χ3n) is 4.22. The van der Waals surface area contributed by atoms with E-state index in [4.69, 9.17) is 4.74 Å². The molecule has 10 heteroatoms. The Hall–Kier alpha value is -2.85. The van der Waals surface area contributed by atoms with Crippen molar-refractivity contribution in [3.05, 3.63) is 60.4 Å². The standard InChI is InChI=1S/C20H22N4O4S2/c1-3-24-18(14-30(26,27)17-10-5-4-6-11-17)22-23-20(24)29-13-19(25)21-15-8-7-9-16(12-15)28-2/h4-12H,3,13-14H2,1-2H3,(H,21,25). The fraction of sp³-hybridized carbons (Fsp3) is 0.250. The van der Waals surface area contributed by atoms with E-state index >= 15 is 0 Å². The van der Waals surface area contributed by atoms with E-state index in [-0.39, 0.29) is 22.3 Å². The van der Waals surface area contributed by atoms with Gasteiger partial charge in [0.2, 0.25) is 5.91 Å². The number of hydrogen-bond donors (Lipinski definition) is 1. The Labute approximate surface area is 179 Å². The van der Waals surface area contributed by atoms with Crippen LogP contribution in [0.5, 0.6) is 5.75 Å². The van der Waals surface area contributed by atoms with Gasteiger partial charge >= 0.3 is 0 Å². The first-order valence-electron chi connectivity index (χ1n) is 9.19. The smallest absolute Gasteiger partial charge is 0.234 e. The Morgan fingerprint density at radius 3 is 2.60 bits per heavy atom. The molecular weight excluding hydrogens is 424 g/mol. The van der Waals surface area contributed by atoms with E-state index in [0.29, 0.717) is 29.0 Å². The first-order chi connectivity index (χ1) is 14.4. The molecule has 1 heterocycles. The van der Waals surface area contributed by atoms with Crippen molar-refractivity contribution in [2.45, 2.75) is 29.3 Å². The largest absolute Gasteiger partial charge is 0.497 e. The molecule has 30 heavy (non-hydrogen) atoms. The molecule has 0 saturated carbocycles. The van der Waals surface area contributed by atoms with Crippen LogP contribution in [0.2, 0.25) is 0 Å². The van der Waals surface area contributed by atoms with Gasteiger partial charge in [-0.3, -0.25) is 4.79 Å². The molecule has 3 rings (SSSR count). The fourth-order valence-corrected chi connectivity index (χ4v) is 4.87. The summed E-state index contributed by atoms with van der Waals surface area (Å²) in [7, 11) is -1.98. The molecule has 1 aromatic heterocycles. The first kappa shape index (κ1) is 21.8. The highest BCUT2D eigenvalue weighted by Crippen LogP contribution is 2.22. The number of nitrogens with zero attached hydrogens (tertiary/aromatic N) is 3. The monoisotopic (exact) mass is 446 g/mol. The molecule has 1 N–H and O–H groups in total. The molecule has 1 amide bonds. The maximum absolute atomic E-state index is 12.6. The van der Waals surface area contributed by atoms with Crippen molar-refractivity contribution in [3.63, 3.8) is 0 Å². The Bertz CT molecular complexity index is 1110. The van der Waals surface area contributed by atoms with Gasteiger partial charge in [0.1, 0.15) is 17.3 Å². The van der Waals surface area contributed by atoms with Crippen LogP contribution in [0.15, 0.2) is 64.6 Å². The molecule has 158 valence electrons. The third kappa shape index (κ3) is 5.39. The molecule has 0 aliphatic carbocycles. The van der Waals surface area contributed by atoms with Gasteiger partial charge in [0.25, 0.3) is 0 Å². The topological polar surface area (TPSA) is 103 Å². The molecule has 2 aromatic carbocycles. The van der Waals surface area contributed by atoms with E-state index in [1.807, 2.05) is 6.92 Å². The number of carbonyl (C=O) groups excluding carboxylic acids is 1. The number of carbonyl (C=O) groups is 1. The summed E-state index contributed by atoms with van der Waals surface area (Å²) in [6, 6.07) is 15.3. The van der Waals surface area contributed by atoms with E-state index in [2.05, 4.69) is 15.5 Å². The minimum atomic E-state index is -3.53. The molecule has 0 bridgehead atoms. The average molecular weight is 447 g/mol. The van der Waals surface area contributed by atoms with Gasteiger partial charge in [0, 0.05) is 18.3 Å². The quantitative estimate of drug-likeness (QED) is 0.504.